The van der Waals surface area contributed by atoms with E-state index in [1.165, 1.54) is 4.57 Å². The molecule has 1 unspecified atom stereocenters. The van der Waals surface area contributed by atoms with Crippen molar-refractivity contribution in [2.75, 3.05) is 0 Å². The Kier molecular flexibility index (Phi) is 2.26. The summed E-state index contributed by atoms with van der Waals surface area (Å²) in [6.07, 6.45) is 1.59. The van der Waals surface area contributed by atoms with Crippen molar-refractivity contribution in [1.82, 2.24) is 9.55 Å². The Hall–Kier alpha value is -2.09. The van der Waals surface area contributed by atoms with E-state index in [0.717, 1.165) is 0 Å². The molecular weight excluding hydrogens is 194 g/mol. The maximum Gasteiger partial charge on any atom is 0.421 e. The van der Waals surface area contributed by atoms with Gasteiger partial charge in [-0.2, -0.15) is 5.26 Å². The van der Waals surface area contributed by atoms with Gasteiger partial charge >= 0.3 is 5.76 Å². The van der Waals surface area contributed by atoms with Crippen molar-refractivity contribution in [1.29, 1.82) is 5.26 Å². The SMILES string of the molecule is CC(C#N)Cn1c(=O)oc2cccnc21. The van der Waals surface area contributed by atoms with E-state index in [1.54, 1.807) is 25.3 Å². The zero-order chi connectivity index (χ0) is 10.8. The summed E-state index contributed by atoms with van der Waals surface area (Å²) in [6.45, 7) is 2.05. The molecule has 0 N–H and O–H groups in total. The molecule has 0 spiro atoms. The van der Waals surface area contributed by atoms with E-state index in [1.807, 2.05) is 0 Å². The molecule has 0 saturated heterocycles. The summed E-state index contributed by atoms with van der Waals surface area (Å²) in [6, 6.07) is 5.44. The lowest BCUT2D eigenvalue weighted by atomic mass is 10.2. The number of oxazole rings is 1. The largest absolute Gasteiger partial charge is 0.421 e. The first kappa shape index (κ1) is 9.46. The predicted molar refractivity (Wildman–Crippen MR) is 53.0 cm³/mol. The van der Waals surface area contributed by atoms with Gasteiger partial charge in [-0.15, -0.1) is 0 Å². The van der Waals surface area contributed by atoms with Crippen molar-refractivity contribution < 1.29 is 4.42 Å². The van der Waals surface area contributed by atoms with Gasteiger partial charge in [-0.25, -0.2) is 9.78 Å². The van der Waals surface area contributed by atoms with E-state index in [-0.39, 0.29) is 5.92 Å². The molecule has 5 heteroatoms. The van der Waals surface area contributed by atoms with Gasteiger partial charge in [-0.05, 0) is 19.1 Å². The number of hydrogen-bond donors (Lipinski definition) is 0. The van der Waals surface area contributed by atoms with Gasteiger partial charge in [-0.3, -0.25) is 4.57 Å². The van der Waals surface area contributed by atoms with Crippen molar-refractivity contribution in [3.05, 3.63) is 28.9 Å². The summed E-state index contributed by atoms with van der Waals surface area (Å²) in [5.41, 5.74) is 0.942. The Bertz CT molecular complexity index is 576. The van der Waals surface area contributed by atoms with Crippen molar-refractivity contribution >= 4 is 11.2 Å². The summed E-state index contributed by atoms with van der Waals surface area (Å²) in [4.78, 5) is 15.5. The standard InChI is InChI=1S/C10H9N3O2/c1-7(5-11)6-13-9-8(15-10(13)14)3-2-4-12-9/h2-4,7H,6H2,1H3. The second-order valence-electron chi connectivity index (χ2n) is 3.33. The summed E-state index contributed by atoms with van der Waals surface area (Å²) in [5.74, 6) is -0.712. The molecular formula is C10H9N3O2. The van der Waals surface area contributed by atoms with Gasteiger partial charge in [0.15, 0.2) is 11.2 Å². The number of pyridine rings is 1. The molecule has 0 bridgehead atoms. The zero-order valence-electron chi connectivity index (χ0n) is 8.17. The van der Waals surface area contributed by atoms with Crippen LogP contribution in [0.5, 0.6) is 0 Å². The molecule has 0 saturated carbocycles. The predicted octanol–water partition coefficient (Wildman–Crippen LogP) is 1.15. The highest BCUT2D eigenvalue weighted by Crippen LogP contribution is 2.10. The highest BCUT2D eigenvalue weighted by atomic mass is 16.4. The Morgan fingerprint density at radius 2 is 2.53 bits per heavy atom. The lowest BCUT2D eigenvalue weighted by Gasteiger charge is -2.01. The maximum atomic E-state index is 11.4. The average Bonchev–Trinajstić information content (AvgIpc) is 2.55. The fraction of sp³-hybridized carbons (Fsp3) is 0.300. The van der Waals surface area contributed by atoms with Gasteiger partial charge in [0.1, 0.15) is 0 Å². The Balaban J connectivity index is 2.55. The average molecular weight is 203 g/mol. The minimum Gasteiger partial charge on any atom is -0.406 e. The van der Waals surface area contributed by atoms with E-state index in [9.17, 15) is 4.79 Å². The van der Waals surface area contributed by atoms with Crippen LogP contribution in [0.1, 0.15) is 6.92 Å². The van der Waals surface area contributed by atoms with Crippen molar-refractivity contribution in [2.45, 2.75) is 13.5 Å². The third kappa shape index (κ3) is 1.62. The smallest absolute Gasteiger partial charge is 0.406 e. The molecule has 0 fully saturated rings. The summed E-state index contributed by atoms with van der Waals surface area (Å²) >= 11 is 0. The molecule has 5 nitrogen and oxygen atoms in total. The van der Waals surface area contributed by atoms with Gasteiger partial charge in [-0.1, -0.05) is 0 Å². The Labute approximate surface area is 85.6 Å². The van der Waals surface area contributed by atoms with Gasteiger partial charge in [0.2, 0.25) is 0 Å². The van der Waals surface area contributed by atoms with Gasteiger partial charge in [0.05, 0.1) is 12.0 Å². The third-order valence-corrected chi connectivity index (χ3v) is 2.10. The first-order valence-electron chi connectivity index (χ1n) is 4.56. The molecule has 0 radical (unpaired) electrons. The molecule has 0 amide bonds. The van der Waals surface area contributed by atoms with Gasteiger partial charge in [0.25, 0.3) is 0 Å². The van der Waals surface area contributed by atoms with Crippen LogP contribution in [0, 0.1) is 17.2 Å². The molecule has 76 valence electrons. The molecule has 2 heterocycles. The van der Waals surface area contributed by atoms with Crippen LogP contribution in [0.3, 0.4) is 0 Å². The second-order valence-corrected chi connectivity index (χ2v) is 3.33. The maximum absolute atomic E-state index is 11.4. The van der Waals surface area contributed by atoms with E-state index < -0.39 is 5.76 Å². The fourth-order valence-corrected chi connectivity index (χ4v) is 1.38. The fourth-order valence-electron chi connectivity index (χ4n) is 1.38. The molecule has 0 aliphatic heterocycles. The molecule has 0 aliphatic carbocycles. The van der Waals surface area contributed by atoms with Crippen LogP contribution in [-0.4, -0.2) is 9.55 Å². The van der Waals surface area contributed by atoms with Crippen LogP contribution in [0.25, 0.3) is 11.2 Å². The normalized spacial score (nSPS) is 12.5. The number of nitriles is 1. The first-order valence-corrected chi connectivity index (χ1v) is 4.56. The van der Waals surface area contributed by atoms with Crippen LogP contribution in [0.4, 0.5) is 0 Å². The van der Waals surface area contributed by atoms with Crippen LogP contribution in [-0.2, 0) is 6.54 Å². The van der Waals surface area contributed by atoms with Crippen molar-refractivity contribution in [3.63, 3.8) is 0 Å². The molecule has 2 rings (SSSR count). The molecule has 0 aliphatic rings. The number of rotatable bonds is 2. The lowest BCUT2D eigenvalue weighted by Crippen LogP contribution is -2.18. The van der Waals surface area contributed by atoms with E-state index >= 15 is 0 Å². The lowest BCUT2D eigenvalue weighted by molar-refractivity contribution is 0.479. The molecule has 2 aromatic heterocycles. The van der Waals surface area contributed by atoms with E-state index in [2.05, 4.69) is 11.1 Å². The number of aromatic nitrogens is 2. The van der Waals surface area contributed by atoms with Gasteiger partial charge in [0, 0.05) is 12.7 Å². The monoisotopic (exact) mass is 203 g/mol. The molecule has 15 heavy (non-hydrogen) atoms. The Morgan fingerprint density at radius 1 is 1.73 bits per heavy atom. The first-order chi connectivity index (χ1) is 7.22. The van der Waals surface area contributed by atoms with Gasteiger partial charge < -0.3 is 4.42 Å². The van der Waals surface area contributed by atoms with Crippen LogP contribution in [0.2, 0.25) is 0 Å². The second kappa shape index (κ2) is 3.58. The van der Waals surface area contributed by atoms with Crippen LogP contribution in [0.15, 0.2) is 27.5 Å². The Morgan fingerprint density at radius 3 is 3.27 bits per heavy atom. The highest BCUT2D eigenvalue weighted by molar-refractivity contribution is 5.67. The summed E-state index contributed by atoms with van der Waals surface area (Å²) in [7, 11) is 0. The number of hydrogen-bond acceptors (Lipinski definition) is 4. The summed E-state index contributed by atoms with van der Waals surface area (Å²) in [5, 5.41) is 8.68. The van der Waals surface area contributed by atoms with Crippen molar-refractivity contribution in [2.24, 2.45) is 5.92 Å². The van der Waals surface area contributed by atoms with E-state index in [0.29, 0.717) is 17.8 Å². The molecule has 1 atom stereocenters. The van der Waals surface area contributed by atoms with E-state index in [4.69, 9.17) is 9.68 Å². The summed E-state index contributed by atoms with van der Waals surface area (Å²) < 4.78 is 6.36. The minimum absolute atomic E-state index is 0.245. The van der Waals surface area contributed by atoms with Crippen molar-refractivity contribution in [3.8, 4) is 6.07 Å². The minimum atomic E-state index is -0.467. The molecule has 2 aromatic rings. The molecule has 0 aromatic carbocycles. The van der Waals surface area contributed by atoms with Crippen LogP contribution >= 0.6 is 0 Å². The third-order valence-electron chi connectivity index (χ3n) is 2.10. The highest BCUT2D eigenvalue weighted by Gasteiger charge is 2.11. The van der Waals surface area contributed by atoms with Crippen LogP contribution < -0.4 is 5.76 Å². The number of nitrogens with zero attached hydrogens (tertiary/aromatic N) is 3. The number of fused-ring (bicyclic) bond motifs is 1. The topological polar surface area (TPSA) is 71.8 Å². The quantitative estimate of drug-likeness (QED) is 0.733. The zero-order valence-corrected chi connectivity index (χ0v) is 8.17.